The van der Waals surface area contributed by atoms with Crippen LogP contribution in [0.2, 0.25) is 0 Å². The fourth-order valence-electron chi connectivity index (χ4n) is 1.79. The monoisotopic (exact) mass is 230 g/mol. The zero-order valence-electron chi connectivity index (χ0n) is 8.64. The lowest BCUT2D eigenvalue weighted by atomic mass is 10.2. The third kappa shape index (κ3) is 2.66. The van der Waals surface area contributed by atoms with E-state index in [0.717, 1.165) is 31.5 Å². The summed E-state index contributed by atoms with van der Waals surface area (Å²) >= 11 is 0. The minimum absolute atomic E-state index is 0.0866. The first-order chi connectivity index (χ1) is 7.55. The average Bonchev–Trinajstić information content (AvgIpc) is 2.70. The van der Waals surface area contributed by atoms with E-state index in [1.54, 1.807) is 6.07 Å². The molecule has 0 amide bonds. The van der Waals surface area contributed by atoms with Gasteiger partial charge in [-0.15, -0.1) is 0 Å². The van der Waals surface area contributed by atoms with Crippen LogP contribution >= 0.6 is 0 Å². The minimum Gasteiger partial charge on any atom is -0.370 e. The van der Waals surface area contributed by atoms with Gasteiger partial charge in [-0.1, -0.05) is 6.07 Å². The van der Waals surface area contributed by atoms with E-state index in [1.807, 2.05) is 0 Å². The number of halogens is 3. The van der Waals surface area contributed by atoms with Crippen LogP contribution in [-0.4, -0.2) is 12.7 Å². The van der Waals surface area contributed by atoms with Crippen molar-refractivity contribution in [3.05, 3.63) is 29.8 Å². The Morgan fingerprint density at radius 2 is 2.12 bits per heavy atom. The van der Waals surface area contributed by atoms with Crippen LogP contribution in [0.1, 0.15) is 18.4 Å². The highest BCUT2D eigenvalue weighted by Crippen LogP contribution is 2.30. The number of hydrogen-bond acceptors (Lipinski definition) is 2. The molecule has 1 aromatic rings. The molecule has 1 aromatic carbocycles. The molecule has 0 aromatic heterocycles. The van der Waals surface area contributed by atoms with Crippen molar-refractivity contribution in [1.29, 1.82) is 0 Å². The van der Waals surface area contributed by atoms with Crippen molar-refractivity contribution in [1.82, 2.24) is 5.32 Å². The molecular formula is C11H13F3N2. The molecule has 0 radical (unpaired) electrons. The summed E-state index contributed by atoms with van der Waals surface area (Å²) in [6.07, 6.45) is -2.20. The van der Waals surface area contributed by atoms with Gasteiger partial charge in [0.25, 0.3) is 0 Å². The normalized spacial score (nSPS) is 21.1. The molecule has 1 fully saturated rings. The predicted octanol–water partition coefficient (Wildman–Crippen LogP) is 2.83. The summed E-state index contributed by atoms with van der Waals surface area (Å²) in [6.45, 7) is 0.913. The van der Waals surface area contributed by atoms with E-state index in [4.69, 9.17) is 0 Å². The minimum atomic E-state index is -4.28. The van der Waals surface area contributed by atoms with Crippen LogP contribution in [0.25, 0.3) is 0 Å². The summed E-state index contributed by atoms with van der Waals surface area (Å²) in [5, 5.41) is 6.21. The van der Waals surface area contributed by atoms with Crippen molar-refractivity contribution in [2.45, 2.75) is 25.2 Å². The zero-order valence-corrected chi connectivity index (χ0v) is 8.64. The standard InChI is InChI=1S/C11H13F3N2/c12-11(13,14)8-3-1-4-9(7-8)16-10-5-2-6-15-10/h1,3-4,7,10,15-16H,2,5-6H2. The van der Waals surface area contributed by atoms with E-state index < -0.39 is 11.7 Å². The number of hydrogen-bond donors (Lipinski definition) is 2. The SMILES string of the molecule is FC(F)(F)c1cccc(NC2CCCN2)c1. The Labute approximate surface area is 91.8 Å². The first-order valence-electron chi connectivity index (χ1n) is 5.23. The molecule has 16 heavy (non-hydrogen) atoms. The third-order valence-corrected chi connectivity index (χ3v) is 2.59. The van der Waals surface area contributed by atoms with E-state index in [9.17, 15) is 13.2 Å². The highest BCUT2D eigenvalue weighted by atomic mass is 19.4. The van der Waals surface area contributed by atoms with E-state index in [1.165, 1.54) is 6.07 Å². The van der Waals surface area contributed by atoms with Crippen molar-refractivity contribution in [2.24, 2.45) is 0 Å². The zero-order chi connectivity index (χ0) is 11.6. The fraction of sp³-hybridized carbons (Fsp3) is 0.455. The largest absolute Gasteiger partial charge is 0.416 e. The predicted molar refractivity (Wildman–Crippen MR) is 56.1 cm³/mol. The molecule has 0 aliphatic carbocycles. The number of rotatable bonds is 2. The van der Waals surface area contributed by atoms with Gasteiger partial charge in [0, 0.05) is 5.69 Å². The van der Waals surface area contributed by atoms with Crippen LogP contribution in [0.15, 0.2) is 24.3 Å². The lowest BCUT2D eigenvalue weighted by Crippen LogP contribution is -2.29. The maximum absolute atomic E-state index is 12.4. The van der Waals surface area contributed by atoms with Gasteiger partial charge in [-0.05, 0) is 37.6 Å². The van der Waals surface area contributed by atoms with E-state index in [-0.39, 0.29) is 6.17 Å². The number of nitrogens with one attached hydrogen (secondary N) is 2. The molecule has 1 heterocycles. The van der Waals surface area contributed by atoms with Gasteiger partial charge in [0.1, 0.15) is 0 Å². The molecule has 0 saturated carbocycles. The molecule has 0 spiro atoms. The lowest BCUT2D eigenvalue weighted by molar-refractivity contribution is -0.137. The number of alkyl halides is 3. The molecule has 2 rings (SSSR count). The van der Waals surface area contributed by atoms with Crippen LogP contribution in [0.4, 0.5) is 18.9 Å². The third-order valence-electron chi connectivity index (χ3n) is 2.59. The lowest BCUT2D eigenvalue weighted by Gasteiger charge is -2.15. The van der Waals surface area contributed by atoms with Gasteiger partial charge in [0.2, 0.25) is 0 Å². The van der Waals surface area contributed by atoms with E-state index in [0.29, 0.717) is 5.69 Å². The van der Waals surface area contributed by atoms with Crippen LogP contribution in [0.5, 0.6) is 0 Å². The summed E-state index contributed by atoms with van der Waals surface area (Å²) in [5.41, 5.74) is -0.107. The summed E-state index contributed by atoms with van der Waals surface area (Å²) in [4.78, 5) is 0. The van der Waals surface area contributed by atoms with Crippen LogP contribution in [0.3, 0.4) is 0 Å². The Morgan fingerprint density at radius 3 is 2.75 bits per heavy atom. The molecule has 1 unspecified atom stereocenters. The maximum Gasteiger partial charge on any atom is 0.416 e. The highest BCUT2D eigenvalue weighted by molar-refractivity contribution is 5.47. The van der Waals surface area contributed by atoms with Gasteiger partial charge >= 0.3 is 6.18 Å². The van der Waals surface area contributed by atoms with Crippen LogP contribution in [-0.2, 0) is 6.18 Å². The molecule has 1 aliphatic rings. The van der Waals surface area contributed by atoms with Gasteiger partial charge in [0.05, 0.1) is 11.7 Å². The van der Waals surface area contributed by atoms with Gasteiger partial charge in [-0.3, -0.25) is 5.32 Å². The van der Waals surface area contributed by atoms with Gasteiger partial charge in [0.15, 0.2) is 0 Å². The summed E-state index contributed by atoms with van der Waals surface area (Å²) in [6, 6.07) is 5.28. The Balaban J connectivity index is 2.09. The molecule has 1 aliphatic heterocycles. The van der Waals surface area contributed by atoms with Crippen molar-refractivity contribution in [3.63, 3.8) is 0 Å². The smallest absolute Gasteiger partial charge is 0.370 e. The molecule has 2 N–H and O–H groups in total. The van der Waals surface area contributed by atoms with Gasteiger partial charge < -0.3 is 5.32 Å². The molecule has 1 saturated heterocycles. The van der Waals surface area contributed by atoms with Crippen molar-refractivity contribution in [2.75, 3.05) is 11.9 Å². The molecular weight excluding hydrogens is 217 g/mol. The summed E-state index contributed by atoms with van der Waals surface area (Å²) in [5.74, 6) is 0. The highest BCUT2D eigenvalue weighted by Gasteiger charge is 2.30. The molecule has 1 atom stereocenters. The van der Waals surface area contributed by atoms with Gasteiger partial charge in [-0.2, -0.15) is 13.2 Å². The van der Waals surface area contributed by atoms with E-state index >= 15 is 0 Å². The Kier molecular flexibility index (Phi) is 3.05. The Hall–Kier alpha value is -1.23. The van der Waals surface area contributed by atoms with Crippen molar-refractivity contribution < 1.29 is 13.2 Å². The fourth-order valence-corrected chi connectivity index (χ4v) is 1.79. The molecule has 2 nitrogen and oxygen atoms in total. The van der Waals surface area contributed by atoms with Crippen molar-refractivity contribution >= 4 is 5.69 Å². The second kappa shape index (κ2) is 4.33. The summed E-state index contributed by atoms with van der Waals surface area (Å²) < 4.78 is 37.3. The number of benzene rings is 1. The maximum atomic E-state index is 12.4. The quantitative estimate of drug-likeness (QED) is 0.816. The first-order valence-corrected chi connectivity index (χ1v) is 5.23. The van der Waals surface area contributed by atoms with Crippen LogP contribution < -0.4 is 10.6 Å². The number of anilines is 1. The second-order valence-corrected chi connectivity index (χ2v) is 3.87. The second-order valence-electron chi connectivity index (χ2n) is 3.87. The molecule has 0 bridgehead atoms. The first kappa shape index (κ1) is 11.3. The summed E-state index contributed by atoms with van der Waals surface area (Å²) in [7, 11) is 0. The van der Waals surface area contributed by atoms with Crippen molar-refractivity contribution in [3.8, 4) is 0 Å². The topological polar surface area (TPSA) is 24.1 Å². The molecule has 5 heteroatoms. The van der Waals surface area contributed by atoms with E-state index in [2.05, 4.69) is 10.6 Å². The van der Waals surface area contributed by atoms with Crippen LogP contribution in [0, 0.1) is 0 Å². The Morgan fingerprint density at radius 1 is 1.31 bits per heavy atom. The Bertz CT molecular complexity index is 356. The average molecular weight is 230 g/mol. The van der Waals surface area contributed by atoms with Gasteiger partial charge in [-0.25, -0.2) is 0 Å². The molecule has 88 valence electrons.